The third kappa shape index (κ3) is 2.39. The van der Waals surface area contributed by atoms with Gasteiger partial charge < -0.3 is 9.47 Å². The SMILES string of the molecule is Cc1nc(C)c(S(=O)(=O)N2CCC3(CC2)OCCO3)s1. The summed E-state index contributed by atoms with van der Waals surface area (Å²) in [6, 6.07) is 0. The smallest absolute Gasteiger partial charge is 0.254 e. The second-order valence-electron chi connectivity index (χ2n) is 5.12. The molecule has 0 unspecified atom stereocenters. The van der Waals surface area contributed by atoms with Gasteiger partial charge in [-0.15, -0.1) is 11.3 Å². The highest BCUT2D eigenvalue weighted by Gasteiger charge is 2.43. The van der Waals surface area contributed by atoms with Crippen molar-refractivity contribution in [2.75, 3.05) is 26.3 Å². The van der Waals surface area contributed by atoms with E-state index >= 15 is 0 Å². The zero-order chi connectivity index (χ0) is 14.4. The van der Waals surface area contributed by atoms with E-state index in [1.807, 2.05) is 6.92 Å². The van der Waals surface area contributed by atoms with Crippen LogP contribution in [-0.2, 0) is 19.5 Å². The van der Waals surface area contributed by atoms with Gasteiger partial charge >= 0.3 is 0 Å². The summed E-state index contributed by atoms with van der Waals surface area (Å²) in [5.41, 5.74) is 0.584. The number of aryl methyl sites for hydroxylation is 2. The normalized spacial score (nSPS) is 23.5. The van der Waals surface area contributed by atoms with Gasteiger partial charge in [-0.1, -0.05) is 0 Å². The maximum Gasteiger partial charge on any atom is 0.254 e. The molecule has 0 bridgehead atoms. The van der Waals surface area contributed by atoms with Crippen LogP contribution in [0.3, 0.4) is 0 Å². The lowest BCUT2D eigenvalue weighted by Crippen LogP contribution is -2.47. The standard InChI is InChI=1S/C12H18N2O4S2/c1-9-11(19-10(2)13-9)20(15,16)14-5-3-12(4-6-14)17-7-8-18-12/h3-8H2,1-2H3. The molecule has 0 aromatic carbocycles. The molecule has 0 saturated carbocycles. The van der Waals surface area contributed by atoms with E-state index in [4.69, 9.17) is 9.47 Å². The number of hydrogen-bond acceptors (Lipinski definition) is 6. The predicted molar refractivity (Wildman–Crippen MR) is 74.2 cm³/mol. The van der Waals surface area contributed by atoms with Crippen molar-refractivity contribution >= 4 is 21.4 Å². The number of thiazole rings is 1. The molecule has 2 aliphatic rings. The zero-order valence-corrected chi connectivity index (χ0v) is 13.2. The quantitative estimate of drug-likeness (QED) is 0.822. The van der Waals surface area contributed by atoms with Gasteiger partial charge in [-0.05, 0) is 13.8 Å². The molecule has 2 aliphatic heterocycles. The Hall–Kier alpha value is -0.540. The molecule has 1 aromatic heterocycles. The highest BCUT2D eigenvalue weighted by molar-refractivity contribution is 7.91. The van der Waals surface area contributed by atoms with Crippen molar-refractivity contribution in [3.63, 3.8) is 0 Å². The molecule has 20 heavy (non-hydrogen) atoms. The van der Waals surface area contributed by atoms with Crippen LogP contribution in [0.2, 0.25) is 0 Å². The van der Waals surface area contributed by atoms with Crippen LogP contribution in [0.25, 0.3) is 0 Å². The lowest BCUT2D eigenvalue weighted by molar-refractivity contribution is -0.179. The summed E-state index contributed by atoms with van der Waals surface area (Å²) in [7, 11) is -3.44. The molecule has 0 aliphatic carbocycles. The van der Waals surface area contributed by atoms with Crippen LogP contribution >= 0.6 is 11.3 Å². The number of ether oxygens (including phenoxy) is 2. The van der Waals surface area contributed by atoms with Crippen molar-refractivity contribution in [1.82, 2.24) is 9.29 Å². The predicted octanol–water partition coefficient (Wildman–Crippen LogP) is 1.29. The summed E-state index contributed by atoms with van der Waals surface area (Å²) < 4.78 is 38.4. The average molecular weight is 318 g/mol. The van der Waals surface area contributed by atoms with E-state index in [0.29, 0.717) is 49.0 Å². The van der Waals surface area contributed by atoms with Crippen LogP contribution in [0.4, 0.5) is 0 Å². The largest absolute Gasteiger partial charge is 0.347 e. The Morgan fingerprint density at radius 2 is 1.80 bits per heavy atom. The van der Waals surface area contributed by atoms with E-state index < -0.39 is 15.8 Å². The molecule has 2 fully saturated rings. The van der Waals surface area contributed by atoms with Gasteiger partial charge in [0.15, 0.2) is 10.00 Å². The number of sulfonamides is 1. The Balaban J connectivity index is 1.78. The third-order valence-corrected chi connectivity index (χ3v) is 7.29. The van der Waals surface area contributed by atoms with Crippen molar-refractivity contribution in [1.29, 1.82) is 0 Å². The van der Waals surface area contributed by atoms with Crippen molar-refractivity contribution in [3.05, 3.63) is 10.7 Å². The number of nitrogens with zero attached hydrogens (tertiary/aromatic N) is 2. The van der Waals surface area contributed by atoms with E-state index in [0.717, 1.165) is 5.01 Å². The van der Waals surface area contributed by atoms with Gasteiger partial charge in [0.25, 0.3) is 10.0 Å². The first kappa shape index (κ1) is 14.4. The first-order chi connectivity index (χ1) is 9.43. The number of aromatic nitrogens is 1. The Kier molecular flexibility index (Phi) is 3.62. The molecule has 8 heteroatoms. The second-order valence-corrected chi connectivity index (χ2v) is 8.45. The van der Waals surface area contributed by atoms with Crippen LogP contribution < -0.4 is 0 Å². The van der Waals surface area contributed by atoms with Gasteiger partial charge in [0.05, 0.1) is 23.9 Å². The lowest BCUT2D eigenvalue weighted by atomic mass is 10.1. The Labute approximate surface area is 122 Å². The van der Waals surface area contributed by atoms with Gasteiger partial charge in [-0.2, -0.15) is 4.31 Å². The molecular formula is C12H18N2O4S2. The van der Waals surface area contributed by atoms with E-state index in [-0.39, 0.29) is 0 Å². The fourth-order valence-corrected chi connectivity index (χ4v) is 5.78. The van der Waals surface area contributed by atoms with Crippen LogP contribution in [0.5, 0.6) is 0 Å². The fourth-order valence-electron chi connectivity index (χ4n) is 2.72. The van der Waals surface area contributed by atoms with E-state index in [1.54, 1.807) is 6.92 Å². The maximum atomic E-state index is 12.6. The topological polar surface area (TPSA) is 68.7 Å². The summed E-state index contributed by atoms with van der Waals surface area (Å²) in [6.45, 7) is 5.62. The van der Waals surface area contributed by atoms with Crippen LogP contribution in [0, 0.1) is 13.8 Å². The molecular weight excluding hydrogens is 300 g/mol. The van der Waals surface area contributed by atoms with Crippen molar-refractivity contribution in [2.24, 2.45) is 0 Å². The minimum Gasteiger partial charge on any atom is -0.347 e. The van der Waals surface area contributed by atoms with Gasteiger partial charge in [0.2, 0.25) is 0 Å². The minimum atomic E-state index is -3.44. The second kappa shape index (κ2) is 5.03. The Morgan fingerprint density at radius 3 is 2.30 bits per heavy atom. The van der Waals surface area contributed by atoms with Crippen LogP contribution in [0.1, 0.15) is 23.5 Å². The van der Waals surface area contributed by atoms with E-state index in [1.165, 1.54) is 15.6 Å². The summed E-state index contributed by atoms with van der Waals surface area (Å²) in [4.78, 5) is 4.21. The number of piperidine rings is 1. The first-order valence-corrected chi connectivity index (χ1v) is 8.91. The lowest BCUT2D eigenvalue weighted by Gasteiger charge is -2.36. The summed E-state index contributed by atoms with van der Waals surface area (Å²) in [6.07, 6.45) is 1.17. The number of hydrogen-bond donors (Lipinski definition) is 0. The van der Waals surface area contributed by atoms with Gasteiger partial charge in [-0.25, -0.2) is 13.4 Å². The number of rotatable bonds is 2. The average Bonchev–Trinajstić information content (AvgIpc) is 2.97. The van der Waals surface area contributed by atoms with E-state index in [9.17, 15) is 8.42 Å². The molecule has 2 saturated heterocycles. The molecule has 0 N–H and O–H groups in total. The molecule has 0 radical (unpaired) electrons. The minimum absolute atomic E-state index is 0.360. The summed E-state index contributed by atoms with van der Waals surface area (Å²) in [5, 5.41) is 0.775. The van der Waals surface area contributed by atoms with Crippen molar-refractivity contribution in [3.8, 4) is 0 Å². The van der Waals surface area contributed by atoms with Gasteiger partial charge in [0.1, 0.15) is 0 Å². The first-order valence-electron chi connectivity index (χ1n) is 6.65. The molecule has 1 aromatic rings. The molecule has 1 spiro atoms. The van der Waals surface area contributed by atoms with Gasteiger partial charge in [-0.3, -0.25) is 0 Å². The highest BCUT2D eigenvalue weighted by Crippen LogP contribution is 2.34. The Morgan fingerprint density at radius 1 is 1.20 bits per heavy atom. The monoisotopic (exact) mass is 318 g/mol. The summed E-state index contributed by atoms with van der Waals surface area (Å²) in [5.74, 6) is -0.551. The molecule has 0 atom stereocenters. The highest BCUT2D eigenvalue weighted by atomic mass is 32.2. The molecule has 6 nitrogen and oxygen atoms in total. The zero-order valence-electron chi connectivity index (χ0n) is 11.6. The molecule has 3 heterocycles. The molecule has 3 rings (SSSR count). The van der Waals surface area contributed by atoms with Crippen LogP contribution in [0.15, 0.2) is 4.21 Å². The van der Waals surface area contributed by atoms with Gasteiger partial charge in [0, 0.05) is 25.9 Å². The fraction of sp³-hybridized carbons (Fsp3) is 0.750. The van der Waals surface area contributed by atoms with Crippen LogP contribution in [-0.4, -0.2) is 49.8 Å². The Bertz CT molecular complexity index is 595. The third-order valence-electron chi connectivity index (χ3n) is 3.73. The van der Waals surface area contributed by atoms with Crippen molar-refractivity contribution in [2.45, 2.75) is 36.7 Å². The van der Waals surface area contributed by atoms with E-state index in [2.05, 4.69) is 4.98 Å². The maximum absolute atomic E-state index is 12.6. The molecule has 0 amide bonds. The summed E-state index contributed by atoms with van der Waals surface area (Å²) >= 11 is 1.24. The molecule has 112 valence electrons. The van der Waals surface area contributed by atoms with Crippen molar-refractivity contribution < 1.29 is 17.9 Å².